The Morgan fingerprint density at radius 2 is 1.78 bits per heavy atom. The third-order valence-corrected chi connectivity index (χ3v) is 2.86. The zero-order valence-electron chi connectivity index (χ0n) is 10.4. The first-order valence-corrected chi connectivity index (χ1v) is 5.69. The molecule has 0 spiro atoms. The maximum atomic E-state index is 14.0. The summed E-state index contributed by atoms with van der Waals surface area (Å²) < 4.78 is 14.0. The number of hydrogen-bond donors (Lipinski definition) is 0. The molecule has 0 N–H and O–H groups in total. The number of halogens is 1. The van der Waals surface area contributed by atoms with E-state index in [2.05, 4.69) is 0 Å². The maximum absolute atomic E-state index is 14.0. The highest BCUT2D eigenvalue weighted by molar-refractivity contribution is 5.94. The summed E-state index contributed by atoms with van der Waals surface area (Å²) in [6.07, 6.45) is 0. The van der Waals surface area contributed by atoms with Gasteiger partial charge in [-0.2, -0.15) is 0 Å². The van der Waals surface area contributed by atoms with Crippen LogP contribution in [0.3, 0.4) is 0 Å². The molecule has 0 aliphatic heterocycles. The van der Waals surface area contributed by atoms with Crippen LogP contribution in [0.1, 0.15) is 17.3 Å². The number of ketones is 1. The molecule has 0 bridgehead atoms. The number of hydrogen-bond acceptors (Lipinski definition) is 2. The first-order chi connectivity index (χ1) is 8.59. The van der Waals surface area contributed by atoms with Crippen LogP contribution < -0.4 is 4.90 Å². The number of para-hydroxylation sites is 1. The van der Waals surface area contributed by atoms with E-state index in [4.69, 9.17) is 0 Å². The summed E-state index contributed by atoms with van der Waals surface area (Å²) >= 11 is 0. The number of anilines is 2. The van der Waals surface area contributed by atoms with Gasteiger partial charge in [-0.15, -0.1) is 0 Å². The fourth-order valence-electron chi connectivity index (χ4n) is 1.79. The first kappa shape index (κ1) is 12.3. The van der Waals surface area contributed by atoms with Crippen molar-refractivity contribution in [1.82, 2.24) is 0 Å². The van der Waals surface area contributed by atoms with Gasteiger partial charge in [0.1, 0.15) is 5.82 Å². The first-order valence-electron chi connectivity index (χ1n) is 5.69. The largest absolute Gasteiger partial charge is 0.342 e. The Kier molecular flexibility index (Phi) is 3.42. The van der Waals surface area contributed by atoms with Crippen molar-refractivity contribution < 1.29 is 9.18 Å². The monoisotopic (exact) mass is 243 g/mol. The zero-order valence-corrected chi connectivity index (χ0v) is 10.4. The number of rotatable bonds is 3. The number of carbonyl (C=O) groups is 1. The van der Waals surface area contributed by atoms with Crippen LogP contribution in [0.2, 0.25) is 0 Å². The summed E-state index contributed by atoms with van der Waals surface area (Å²) in [5.41, 5.74) is 1.73. The van der Waals surface area contributed by atoms with E-state index in [1.165, 1.54) is 13.0 Å². The fourth-order valence-corrected chi connectivity index (χ4v) is 1.79. The molecule has 92 valence electrons. The minimum absolute atomic E-state index is 0.136. The molecule has 0 heterocycles. The molecule has 2 nitrogen and oxygen atoms in total. The summed E-state index contributed by atoms with van der Waals surface area (Å²) in [7, 11) is 1.79. The standard InChI is InChI=1S/C15H14FNO/c1-11(18)12-8-9-15(14(16)10-12)17(2)13-6-4-3-5-7-13/h3-10H,1-2H3. The van der Waals surface area contributed by atoms with E-state index >= 15 is 0 Å². The number of Topliss-reactive ketones (excluding diaryl/α,β-unsaturated/α-hetero) is 1. The lowest BCUT2D eigenvalue weighted by molar-refractivity contribution is 0.101. The molecule has 0 atom stereocenters. The Morgan fingerprint density at radius 1 is 1.11 bits per heavy atom. The number of carbonyl (C=O) groups excluding carboxylic acids is 1. The minimum Gasteiger partial charge on any atom is -0.342 e. The third kappa shape index (κ3) is 2.40. The van der Waals surface area contributed by atoms with Crippen LogP contribution in [0, 0.1) is 5.82 Å². The average molecular weight is 243 g/mol. The van der Waals surface area contributed by atoms with Crippen LogP contribution in [0.25, 0.3) is 0 Å². The van der Waals surface area contributed by atoms with Crippen LogP contribution in [0.15, 0.2) is 48.5 Å². The molecule has 0 aliphatic rings. The second-order valence-corrected chi connectivity index (χ2v) is 4.12. The van der Waals surface area contributed by atoms with Crippen molar-refractivity contribution in [2.24, 2.45) is 0 Å². The van der Waals surface area contributed by atoms with Crippen LogP contribution in [0.5, 0.6) is 0 Å². The van der Waals surface area contributed by atoms with E-state index in [1.54, 1.807) is 24.1 Å². The summed E-state index contributed by atoms with van der Waals surface area (Å²) in [4.78, 5) is 12.9. The molecule has 2 aromatic carbocycles. The van der Waals surface area contributed by atoms with E-state index in [9.17, 15) is 9.18 Å². The van der Waals surface area contributed by atoms with Gasteiger partial charge in [0.05, 0.1) is 5.69 Å². The summed E-state index contributed by atoms with van der Waals surface area (Å²) in [5, 5.41) is 0. The van der Waals surface area contributed by atoms with Gasteiger partial charge < -0.3 is 4.90 Å². The average Bonchev–Trinajstić information content (AvgIpc) is 2.38. The smallest absolute Gasteiger partial charge is 0.159 e. The molecule has 0 aromatic heterocycles. The van der Waals surface area contributed by atoms with Gasteiger partial charge in [0.15, 0.2) is 5.78 Å². The highest BCUT2D eigenvalue weighted by atomic mass is 19.1. The zero-order chi connectivity index (χ0) is 13.1. The highest BCUT2D eigenvalue weighted by Crippen LogP contribution is 2.26. The minimum atomic E-state index is -0.394. The Labute approximate surface area is 106 Å². The molecule has 0 amide bonds. The second kappa shape index (κ2) is 5.00. The summed E-state index contributed by atoms with van der Waals surface area (Å²) in [5.74, 6) is -0.531. The topological polar surface area (TPSA) is 20.3 Å². The molecule has 0 saturated heterocycles. The third-order valence-electron chi connectivity index (χ3n) is 2.86. The van der Waals surface area contributed by atoms with E-state index in [-0.39, 0.29) is 5.78 Å². The van der Waals surface area contributed by atoms with Crippen molar-refractivity contribution in [2.75, 3.05) is 11.9 Å². The number of benzene rings is 2. The van der Waals surface area contributed by atoms with E-state index < -0.39 is 5.82 Å². The number of nitrogens with zero attached hydrogens (tertiary/aromatic N) is 1. The second-order valence-electron chi connectivity index (χ2n) is 4.12. The molecule has 3 heteroatoms. The van der Waals surface area contributed by atoms with E-state index in [1.807, 2.05) is 30.3 Å². The van der Waals surface area contributed by atoms with Crippen molar-refractivity contribution in [1.29, 1.82) is 0 Å². The van der Waals surface area contributed by atoms with Gasteiger partial charge >= 0.3 is 0 Å². The van der Waals surface area contributed by atoms with Crippen molar-refractivity contribution in [3.8, 4) is 0 Å². The van der Waals surface area contributed by atoms with Crippen molar-refractivity contribution in [3.63, 3.8) is 0 Å². The van der Waals surface area contributed by atoms with Crippen LogP contribution in [0.4, 0.5) is 15.8 Å². The Hall–Kier alpha value is -2.16. The lowest BCUT2D eigenvalue weighted by atomic mass is 10.1. The van der Waals surface area contributed by atoms with Gasteiger partial charge in [0.25, 0.3) is 0 Å². The van der Waals surface area contributed by atoms with Gasteiger partial charge in [-0.05, 0) is 37.3 Å². The lowest BCUT2D eigenvalue weighted by Crippen LogP contribution is -2.11. The highest BCUT2D eigenvalue weighted by Gasteiger charge is 2.11. The molecule has 0 unspecified atom stereocenters. The molecule has 0 saturated carbocycles. The SMILES string of the molecule is CC(=O)c1ccc(N(C)c2ccccc2)c(F)c1. The predicted octanol–water partition coefficient (Wildman–Crippen LogP) is 3.80. The van der Waals surface area contributed by atoms with Crippen molar-refractivity contribution in [2.45, 2.75) is 6.92 Å². The van der Waals surface area contributed by atoms with Gasteiger partial charge in [0, 0.05) is 18.3 Å². The Bertz CT molecular complexity index is 566. The van der Waals surface area contributed by atoms with Gasteiger partial charge in [-0.3, -0.25) is 4.79 Å². The fraction of sp³-hybridized carbons (Fsp3) is 0.133. The predicted molar refractivity (Wildman–Crippen MR) is 70.9 cm³/mol. The molecular weight excluding hydrogens is 229 g/mol. The summed E-state index contributed by atoms with van der Waals surface area (Å²) in [6, 6.07) is 14.0. The van der Waals surface area contributed by atoms with E-state index in [0.717, 1.165) is 5.69 Å². The van der Waals surface area contributed by atoms with Crippen LogP contribution in [-0.2, 0) is 0 Å². The molecule has 0 radical (unpaired) electrons. The Morgan fingerprint density at radius 3 is 2.33 bits per heavy atom. The molecule has 0 fully saturated rings. The molecule has 0 aliphatic carbocycles. The molecule has 2 rings (SSSR count). The van der Waals surface area contributed by atoms with E-state index in [0.29, 0.717) is 11.3 Å². The quantitative estimate of drug-likeness (QED) is 0.764. The van der Waals surface area contributed by atoms with Crippen molar-refractivity contribution >= 4 is 17.2 Å². The van der Waals surface area contributed by atoms with Gasteiger partial charge in [-0.25, -0.2) is 4.39 Å². The molecule has 18 heavy (non-hydrogen) atoms. The lowest BCUT2D eigenvalue weighted by Gasteiger charge is -2.20. The normalized spacial score (nSPS) is 10.2. The van der Waals surface area contributed by atoms with Gasteiger partial charge in [0.2, 0.25) is 0 Å². The Balaban J connectivity index is 2.37. The van der Waals surface area contributed by atoms with Crippen LogP contribution in [-0.4, -0.2) is 12.8 Å². The van der Waals surface area contributed by atoms with Crippen molar-refractivity contribution in [3.05, 3.63) is 59.9 Å². The molecule has 2 aromatic rings. The maximum Gasteiger partial charge on any atom is 0.159 e. The molecular formula is C15H14FNO. The summed E-state index contributed by atoms with van der Waals surface area (Å²) in [6.45, 7) is 1.43. The van der Waals surface area contributed by atoms with Crippen LogP contribution >= 0.6 is 0 Å². The van der Waals surface area contributed by atoms with Gasteiger partial charge in [-0.1, -0.05) is 18.2 Å².